The van der Waals surface area contributed by atoms with Gasteiger partial charge in [0.05, 0.1) is 14.2 Å². The summed E-state index contributed by atoms with van der Waals surface area (Å²) in [5.74, 6) is 0.802. The second-order valence-corrected chi connectivity index (χ2v) is 6.05. The number of hydrogen-bond donors (Lipinski definition) is 2. The van der Waals surface area contributed by atoms with Gasteiger partial charge in [-0.1, -0.05) is 19.1 Å². The molecule has 0 spiro atoms. The van der Waals surface area contributed by atoms with Gasteiger partial charge in [-0.05, 0) is 42.3 Å². The number of methoxy groups -OCH3 is 2. The minimum absolute atomic E-state index is 0.0974. The Hall–Kier alpha value is -3.02. The van der Waals surface area contributed by atoms with E-state index in [0.717, 1.165) is 5.56 Å². The Labute approximate surface area is 153 Å². The number of ether oxygens (including phenoxy) is 2. The molecule has 6 heteroatoms. The normalized spacial score (nSPS) is 11.4. The van der Waals surface area contributed by atoms with Crippen LogP contribution in [0.4, 0.5) is 11.4 Å². The molecule has 0 saturated heterocycles. The molecule has 0 bridgehead atoms. The van der Waals surface area contributed by atoms with Gasteiger partial charge in [-0.2, -0.15) is 0 Å². The number of nitrogens with one attached hydrogen (secondary N) is 2. The molecule has 2 amide bonds. The summed E-state index contributed by atoms with van der Waals surface area (Å²) in [6, 6.07) is 12.7. The van der Waals surface area contributed by atoms with E-state index < -0.39 is 0 Å². The first-order chi connectivity index (χ1) is 12.4. The van der Waals surface area contributed by atoms with Crippen LogP contribution in [0, 0.1) is 5.92 Å². The van der Waals surface area contributed by atoms with E-state index in [1.807, 2.05) is 25.1 Å². The molecule has 2 rings (SSSR count). The highest BCUT2D eigenvalue weighted by molar-refractivity contribution is 5.94. The van der Waals surface area contributed by atoms with Gasteiger partial charge in [0, 0.05) is 24.2 Å². The predicted octanol–water partition coefficient (Wildman–Crippen LogP) is 3.48. The summed E-state index contributed by atoms with van der Waals surface area (Å²) < 4.78 is 10.5. The van der Waals surface area contributed by atoms with Crippen molar-refractivity contribution < 1.29 is 19.1 Å². The van der Waals surface area contributed by atoms with Crippen LogP contribution in [-0.4, -0.2) is 26.0 Å². The lowest BCUT2D eigenvalue weighted by Gasteiger charge is -2.14. The SMILES string of the molecule is COc1ccc(CC(C)C(=O)Nc2cccc(NC(C)=O)c2)cc1OC. The maximum absolute atomic E-state index is 12.5. The maximum Gasteiger partial charge on any atom is 0.227 e. The van der Waals surface area contributed by atoms with Gasteiger partial charge in [0.2, 0.25) is 11.8 Å². The number of hydrogen-bond acceptors (Lipinski definition) is 4. The molecule has 0 saturated carbocycles. The smallest absolute Gasteiger partial charge is 0.227 e. The van der Waals surface area contributed by atoms with Crippen LogP contribution < -0.4 is 20.1 Å². The molecule has 0 aliphatic rings. The second-order valence-electron chi connectivity index (χ2n) is 6.05. The molecule has 0 heterocycles. The molecule has 2 N–H and O–H groups in total. The molecule has 0 radical (unpaired) electrons. The zero-order valence-electron chi connectivity index (χ0n) is 15.5. The van der Waals surface area contributed by atoms with Crippen LogP contribution in [0.25, 0.3) is 0 Å². The van der Waals surface area contributed by atoms with E-state index in [9.17, 15) is 9.59 Å². The minimum atomic E-state index is -0.238. The molecule has 0 aliphatic carbocycles. The zero-order chi connectivity index (χ0) is 19.1. The van der Waals surface area contributed by atoms with Crippen LogP contribution in [0.3, 0.4) is 0 Å². The first-order valence-electron chi connectivity index (χ1n) is 8.32. The van der Waals surface area contributed by atoms with Crippen molar-refractivity contribution in [3.63, 3.8) is 0 Å². The van der Waals surface area contributed by atoms with E-state index in [4.69, 9.17) is 9.47 Å². The van der Waals surface area contributed by atoms with E-state index in [1.165, 1.54) is 6.92 Å². The molecule has 0 fully saturated rings. The summed E-state index contributed by atoms with van der Waals surface area (Å²) in [7, 11) is 3.17. The quantitative estimate of drug-likeness (QED) is 0.796. The van der Waals surface area contributed by atoms with Crippen LogP contribution in [0.15, 0.2) is 42.5 Å². The summed E-state index contributed by atoms with van der Waals surface area (Å²) in [5, 5.41) is 5.58. The van der Waals surface area contributed by atoms with Gasteiger partial charge >= 0.3 is 0 Å². The van der Waals surface area contributed by atoms with Crippen LogP contribution >= 0.6 is 0 Å². The summed E-state index contributed by atoms with van der Waals surface area (Å²) in [5.41, 5.74) is 2.26. The molecule has 0 aromatic heterocycles. The third-order valence-electron chi connectivity index (χ3n) is 3.89. The van der Waals surface area contributed by atoms with E-state index in [-0.39, 0.29) is 17.7 Å². The van der Waals surface area contributed by atoms with Gasteiger partial charge in [-0.3, -0.25) is 9.59 Å². The molecule has 26 heavy (non-hydrogen) atoms. The van der Waals surface area contributed by atoms with Gasteiger partial charge < -0.3 is 20.1 Å². The van der Waals surface area contributed by atoms with Gasteiger partial charge in [-0.15, -0.1) is 0 Å². The summed E-state index contributed by atoms with van der Waals surface area (Å²) >= 11 is 0. The number of benzene rings is 2. The van der Waals surface area contributed by atoms with Crippen molar-refractivity contribution in [3.8, 4) is 11.5 Å². The van der Waals surface area contributed by atoms with Crippen molar-refractivity contribution in [2.75, 3.05) is 24.9 Å². The first kappa shape index (κ1) is 19.3. The fraction of sp³-hybridized carbons (Fsp3) is 0.300. The largest absolute Gasteiger partial charge is 0.493 e. The van der Waals surface area contributed by atoms with Crippen LogP contribution in [0.2, 0.25) is 0 Å². The Balaban J connectivity index is 2.02. The lowest BCUT2D eigenvalue weighted by molar-refractivity contribution is -0.119. The van der Waals surface area contributed by atoms with Crippen LogP contribution in [0.1, 0.15) is 19.4 Å². The zero-order valence-corrected chi connectivity index (χ0v) is 15.5. The number of carbonyl (C=O) groups is 2. The van der Waals surface area contributed by atoms with Crippen molar-refractivity contribution in [2.45, 2.75) is 20.3 Å². The lowest BCUT2D eigenvalue weighted by Crippen LogP contribution is -2.22. The standard InChI is InChI=1S/C20H24N2O4/c1-13(10-15-8-9-18(25-3)19(11-15)26-4)20(24)22-17-7-5-6-16(12-17)21-14(2)23/h5-9,11-13H,10H2,1-4H3,(H,21,23)(H,22,24). The number of carbonyl (C=O) groups excluding carboxylic acids is 2. The molecule has 2 aromatic carbocycles. The molecule has 1 unspecified atom stereocenters. The summed E-state index contributed by atoms with van der Waals surface area (Å²) in [4.78, 5) is 23.6. The van der Waals surface area contributed by atoms with Crippen molar-refractivity contribution in [1.82, 2.24) is 0 Å². The maximum atomic E-state index is 12.5. The van der Waals surface area contributed by atoms with E-state index in [0.29, 0.717) is 29.3 Å². The highest BCUT2D eigenvalue weighted by atomic mass is 16.5. The van der Waals surface area contributed by atoms with Crippen molar-refractivity contribution in [1.29, 1.82) is 0 Å². The topological polar surface area (TPSA) is 76.7 Å². The molecule has 6 nitrogen and oxygen atoms in total. The molecule has 138 valence electrons. The van der Waals surface area contributed by atoms with Gasteiger partial charge in [0.25, 0.3) is 0 Å². The van der Waals surface area contributed by atoms with Crippen molar-refractivity contribution in [3.05, 3.63) is 48.0 Å². The lowest BCUT2D eigenvalue weighted by atomic mass is 10.00. The van der Waals surface area contributed by atoms with Gasteiger partial charge in [0.1, 0.15) is 0 Å². The van der Waals surface area contributed by atoms with Crippen LogP contribution in [0.5, 0.6) is 11.5 Å². The Morgan fingerprint density at radius 2 is 1.62 bits per heavy atom. The highest BCUT2D eigenvalue weighted by Crippen LogP contribution is 2.28. The summed E-state index contributed by atoms with van der Waals surface area (Å²) in [6.45, 7) is 3.31. The van der Waals surface area contributed by atoms with Crippen LogP contribution in [-0.2, 0) is 16.0 Å². The molecular weight excluding hydrogens is 332 g/mol. The monoisotopic (exact) mass is 356 g/mol. The number of rotatable bonds is 7. The van der Waals surface area contributed by atoms with Gasteiger partial charge in [0.15, 0.2) is 11.5 Å². The van der Waals surface area contributed by atoms with E-state index >= 15 is 0 Å². The van der Waals surface area contributed by atoms with Crippen molar-refractivity contribution in [2.24, 2.45) is 5.92 Å². The minimum Gasteiger partial charge on any atom is -0.493 e. The molecule has 1 atom stereocenters. The summed E-state index contributed by atoms with van der Waals surface area (Å²) in [6.07, 6.45) is 0.567. The van der Waals surface area contributed by atoms with E-state index in [2.05, 4.69) is 10.6 Å². The Kier molecular flexibility index (Phi) is 6.60. The Bertz CT molecular complexity index is 789. The average molecular weight is 356 g/mol. The first-order valence-corrected chi connectivity index (χ1v) is 8.32. The number of amides is 2. The van der Waals surface area contributed by atoms with Crippen molar-refractivity contribution >= 4 is 23.2 Å². The third-order valence-corrected chi connectivity index (χ3v) is 3.89. The Morgan fingerprint density at radius 1 is 0.962 bits per heavy atom. The van der Waals surface area contributed by atoms with Gasteiger partial charge in [-0.25, -0.2) is 0 Å². The van der Waals surface area contributed by atoms with E-state index in [1.54, 1.807) is 38.5 Å². The Morgan fingerprint density at radius 3 is 2.23 bits per heavy atom. The third kappa shape index (κ3) is 5.24. The second kappa shape index (κ2) is 8.89. The molecular formula is C20H24N2O4. The fourth-order valence-electron chi connectivity index (χ4n) is 2.60. The average Bonchev–Trinajstić information content (AvgIpc) is 2.61. The fourth-order valence-corrected chi connectivity index (χ4v) is 2.60. The molecule has 0 aliphatic heterocycles. The predicted molar refractivity (Wildman–Crippen MR) is 102 cm³/mol. The number of anilines is 2. The molecule has 2 aromatic rings. The highest BCUT2D eigenvalue weighted by Gasteiger charge is 2.15.